The van der Waals surface area contributed by atoms with Crippen molar-refractivity contribution in [3.63, 3.8) is 0 Å². The van der Waals surface area contributed by atoms with Crippen LogP contribution in [-0.2, 0) is 11.4 Å². The standard InChI is InChI=1S/C9H9ClO4.K.H/c10-7-1-2-8(6(3-7)4-11)14-5-9(12)13;;/h1-3,11H,4-5H2,(H,12,13);;. The summed E-state index contributed by atoms with van der Waals surface area (Å²) in [6.07, 6.45) is 0. The summed E-state index contributed by atoms with van der Waals surface area (Å²) in [5.74, 6) is -0.733. The van der Waals surface area contributed by atoms with Gasteiger partial charge < -0.3 is 14.9 Å². The Labute approximate surface area is 135 Å². The van der Waals surface area contributed by atoms with Gasteiger partial charge in [0.2, 0.25) is 0 Å². The van der Waals surface area contributed by atoms with Crippen LogP contribution in [0.2, 0.25) is 5.02 Å². The van der Waals surface area contributed by atoms with Gasteiger partial charge in [0.05, 0.1) is 6.61 Å². The van der Waals surface area contributed by atoms with Crippen molar-refractivity contribution < 1.29 is 19.7 Å². The first-order chi connectivity index (χ1) is 6.63. The number of ether oxygens (including phenoxy) is 1. The van der Waals surface area contributed by atoms with Gasteiger partial charge in [-0.15, -0.1) is 0 Å². The molecular formula is C9H10ClKO4. The Morgan fingerprint density at radius 1 is 1.47 bits per heavy atom. The number of aliphatic hydroxyl groups excluding tert-OH is 1. The van der Waals surface area contributed by atoms with E-state index in [0.717, 1.165) is 0 Å². The van der Waals surface area contributed by atoms with Crippen molar-refractivity contribution in [1.82, 2.24) is 0 Å². The van der Waals surface area contributed by atoms with Gasteiger partial charge in [-0.1, -0.05) is 11.6 Å². The summed E-state index contributed by atoms with van der Waals surface area (Å²) in [4.78, 5) is 10.2. The molecule has 0 amide bonds. The summed E-state index contributed by atoms with van der Waals surface area (Å²) in [7, 11) is 0. The van der Waals surface area contributed by atoms with E-state index in [2.05, 4.69) is 0 Å². The van der Waals surface area contributed by atoms with E-state index in [4.69, 9.17) is 26.6 Å². The van der Waals surface area contributed by atoms with Crippen LogP contribution in [0.1, 0.15) is 5.56 Å². The molecule has 0 radical (unpaired) electrons. The van der Waals surface area contributed by atoms with Gasteiger partial charge in [0.25, 0.3) is 0 Å². The number of benzene rings is 1. The first kappa shape index (κ1) is 15.4. The Hall–Kier alpha value is 0.376. The predicted molar refractivity (Wildman–Crippen MR) is 57.7 cm³/mol. The Kier molecular flexibility index (Phi) is 7.81. The molecule has 0 bridgehead atoms. The molecule has 6 heteroatoms. The number of halogens is 1. The average molecular weight is 257 g/mol. The van der Waals surface area contributed by atoms with E-state index >= 15 is 0 Å². The average Bonchev–Trinajstić information content (AvgIpc) is 2.15. The zero-order valence-electron chi connectivity index (χ0n) is 7.24. The first-order valence-electron chi connectivity index (χ1n) is 3.87. The summed E-state index contributed by atoms with van der Waals surface area (Å²) in [5.41, 5.74) is 0.471. The van der Waals surface area contributed by atoms with Crippen molar-refractivity contribution >= 4 is 69.0 Å². The quantitative estimate of drug-likeness (QED) is 0.777. The van der Waals surface area contributed by atoms with E-state index < -0.39 is 12.6 Å². The monoisotopic (exact) mass is 256 g/mol. The molecule has 78 valence electrons. The molecule has 4 nitrogen and oxygen atoms in total. The molecule has 0 saturated heterocycles. The van der Waals surface area contributed by atoms with Crippen LogP contribution >= 0.6 is 11.6 Å². The Balaban J connectivity index is 0.00000196. The van der Waals surface area contributed by atoms with E-state index in [9.17, 15) is 4.79 Å². The van der Waals surface area contributed by atoms with Crippen LogP contribution in [0, 0.1) is 0 Å². The topological polar surface area (TPSA) is 66.8 Å². The molecule has 1 aromatic carbocycles. The predicted octanol–water partition coefficient (Wildman–Crippen LogP) is 0.647. The fourth-order valence-corrected chi connectivity index (χ4v) is 1.15. The molecule has 1 rings (SSSR count). The Morgan fingerprint density at radius 3 is 2.67 bits per heavy atom. The molecule has 2 N–H and O–H groups in total. The van der Waals surface area contributed by atoms with E-state index in [1.54, 1.807) is 6.07 Å². The summed E-state index contributed by atoms with van der Waals surface area (Å²) < 4.78 is 4.93. The number of carboxylic acids is 1. The van der Waals surface area contributed by atoms with Gasteiger partial charge in [-0.3, -0.25) is 0 Å². The summed E-state index contributed by atoms with van der Waals surface area (Å²) in [5, 5.41) is 17.8. The Bertz CT molecular complexity index is 343. The van der Waals surface area contributed by atoms with Crippen LogP contribution in [0.15, 0.2) is 18.2 Å². The van der Waals surface area contributed by atoms with E-state index in [1.165, 1.54) is 12.1 Å². The number of aliphatic carboxylic acids is 1. The summed E-state index contributed by atoms with van der Waals surface area (Å²) >= 11 is 5.68. The minimum atomic E-state index is -1.07. The second-order valence-corrected chi connectivity index (χ2v) is 3.03. The molecule has 0 aliphatic rings. The maximum atomic E-state index is 10.2. The molecule has 0 atom stereocenters. The third-order valence-corrected chi connectivity index (χ3v) is 1.78. The van der Waals surface area contributed by atoms with Gasteiger partial charge in [-0.2, -0.15) is 0 Å². The number of hydrogen-bond acceptors (Lipinski definition) is 3. The van der Waals surface area contributed by atoms with E-state index in [1.807, 2.05) is 0 Å². The van der Waals surface area contributed by atoms with Crippen molar-refractivity contribution in [2.45, 2.75) is 6.61 Å². The fourth-order valence-electron chi connectivity index (χ4n) is 0.952. The van der Waals surface area contributed by atoms with Crippen LogP contribution < -0.4 is 4.74 Å². The first-order valence-corrected chi connectivity index (χ1v) is 4.25. The second-order valence-electron chi connectivity index (χ2n) is 2.59. The van der Waals surface area contributed by atoms with E-state index in [0.29, 0.717) is 16.3 Å². The van der Waals surface area contributed by atoms with Crippen LogP contribution in [0.5, 0.6) is 5.75 Å². The summed E-state index contributed by atoms with van der Waals surface area (Å²) in [6.45, 7) is -0.676. The fraction of sp³-hybridized carbons (Fsp3) is 0.222. The SMILES string of the molecule is O=C(O)COc1ccc(Cl)cc1CO.[KH]. The van der Waals surface area contributed by atoms with Crippen LogP contribution in [0.25, 0.3) is 0 Å². The molecule has 15 heavy (non-hydrogen) atoms. The third kappa shape index (κ3) is 5.30. The van der Waals surface area contributed by atoms with Crippen molar-refractivity contribution in [3.05, 3.63) is 28.8 Å². The normalized spacial score (nSPS) is 9.20. The number of carboxylic acid groups (broad SMARTS) is 1. The third-order valence-electron chi connectivity index (χ3n) is 1.54. The maximum absolute atomic E-state index is 10.2. The van der Waals surface area contributed by atoms with Gasteiger partial charge in [0.1, 0.15) is 5.75 Å². The van der Waals surface area contributed by atoms with Crippen molar-refractivity contribution in [3.8, 4) is 5.75 Å². The molecule has 0 saturated carbocycles. The number of carbonyl (C=O) groups is 1. The van der Waals surface area contributed by atoms with Crippen molar-refractivity contribution in [1.29, 1.82) is 0 Å². The minimum absolute atomic E-state index is 0. The number of hydrogen-bond donors (Lipinski definition) is 2. The van der Waals surface area contributed by atoms with Gasteiger partial charge in [-0.05, 0) is 18.2 Å². The van der Waals surface area contributed by atoms with Crippen molar-refractivity contribution in [2.24, 2.45) is 0 Å². The van der Waals surface area contributed by atoms with Gasteiger partial charge >= 0.3 is 57.4 Å². The Morgan fingerprint density at radius 2 is 2.13 bits per heavy atom. The van der Waals surface area contributed by atoms with Crippen LogP contribution in [-0.4, -0.2) is 74.2 Å². The van der Waals surface area contributed by atoms with Gasteiger partial charge in [0, 0.05) is 10.6 Å². The van der Waals surface area contributed by atoms with Crippen LogP contribution in [0.4, 0.5) is 0 Å². The molecule has 0 aliphatic carbocycles. The molecule has 1 aromatic rings. The zero-order valence-corrected chi connectivity index (χ0v) is 7.99. The molecule has 0 fully saturated rings. The number of aliphatic hydroxyl groups is 1. The van der Waals surface area contributed by atoms with Crippen molar-refractivity contribution in [2.75, 3.05) is 6.61 Å². The molecular weight excluding hydrogens is 247 g/mol. The molecule has 0 aromatic heterocycles. The summed E-state index contributed by atoms with van der Waals surface area (Å²) in [6, 6.07) is 4.62. The molecule has 0 spiro atoms. The molecule has 0 aliphatic heterocycles. The van der Waals surface area contributed by atoms with Gasteiger partial charge in [-0.25, -0.2) is 4.79 Å². The second kappa shape index (κ2) is 7.62. The molecule has 0 unspecified atom stereocenters. The van der Waals surface area contributed by atoms with Gasteiger partial charge in [0.15, 0.2) is 6.61 Å². The zero-order chi connectivity index (χ0) is 10.6. The van der Waals surface area contributed by atoms with E-state index in [-0.39, 0.29) is 58.0 Å². The number of rotatable bonds is 4. The molecule has 0 heterocycles. The van der Waals surface area contributed by atoms with Crippen LogP contribution in [0.3, 0.4) is 0 Å².